The van der Waals surface area contributed by atoms with Gasteiger partial charge in [-0.2, -0.15) is 39.5 Å². The number of benzene rings is 17. The molecule has 28 aromatic rings. The number of aliphatic carboxylic acids is 3. The summed E-state index contributed by atoms with van der Waals surface area (Å²) in [6.07, 6.45) is -14.3. The highest BCUT2D eigenvalue weighted by Gasteiger charge is 2.73. The topological polar surface area (TPSA) is 258 Å². The Kier molecular flexibility index (Phi) is 8.22. The van der Waals surface area contributed by atoms with Crippen LogP contribution in [0.4, 0.5) is 39.5 Å². The van der Waals surface area contributed by atoms with Gasteiger partial charge in [-0.05, 0) is 313 Å². The van der Waals surface area contributed by atoms with Crippen LogP contribution in [-0.4, -0.2) is 151 Å². The molecular weight excluding hydrogens is 1410 g/mol. The number of nitrogens with two attached hydrogens (primary N) is 2. The number of nitrogens with zero attached hydrogens (tertiary/aromatic N) is 2. The van der Waals surface area contributed by atoms with Crippen LogP contribution in [0, 0.1) is 0 Å². The van der Waals surface area contributed by atoms with Crippen molar-refractivity contribution in [2.24, 2.45) is 11.5 Å². The Hall–Kier alpha value is -11.5. The van der Waals surface area contributed by atoms with Crippen LogP contribution in [0.1, 0.15) is 41.5 Å². The SMILES string of the molecule is NCCNC(=O)CCN(CCNC(=O)CCN1CC23c4c5c6c7c8c9c(c%10c%11c2c2c%12c4c4c%13c5c5c7c7c8c8c%14c9c%10c9c%10c%11c2c2c%11c%12c4c4c%12c%13c5c5c7c7c8c8c%14c9c9c%10c2c2c%11c4c4c%12c5c7c5c8c9c2c45)C63C1)CCC(=O)NCCN.O=C(O)C(F)(F)F.O=C(O)C(F)(F)F.O=C(O)C(F)(F)F. The quantitative estimate of drug-likeness (QED) is 0.0331. The first-order chi connectivity index (χ1) is 51.8. The van der Waals surface area contributed by atoms with Gasteiger partial charge in [0.2, 0.25) is 17.7 Å². The molecule has 0 bridgehead atoms. The van der Waals surface area contributed by atoms with Crippen molar-refractivity contribution in [2.75, 3.05) is 72.0 Å². The van der Waals surface area contributed by atoms with Gasteiger partial charge >= 0.3 is 36.4 Å². The molecule has 3 amide bonds. The van der Waals surface area contributed by atoms with Crippen LogP contribution in [0.15, 0.2) is 0 Å². The summed E-state index contributed by atoms with van der Waals surface area (Å²) in [7, 11) is 0. The van der Waals surface area contributed by atoms with Crippen LogP contribution in [0.5, 0.6) is 0 Å². The standard InChI is InChI=1S/C77H35N7O3.3C2HF3O2/c78-4-6-80-15(85)1-9-83(10-2-16(86)81-7-5-79)12-8-82-17(87)3-11-84-13-76-72-65-58-46-38-29-20-18-19-21-24(20)33-40(38)48-49-41(33)39-30(21)32-28-23(19)26-25-22(18)27-31(29)44(46)52-50-36(27)34(25)42-43-35(26)37(28)51-53-45(32)47(39)59-61(49)70(69(72)60(48)58)73-66(59)64(53)68-57(51)55(43)62-54(42)56(50)67(63(52)65)74(76)71(62)75(68)77(73,76)14-84;3*3-2(4,5)1(6)7/h1-14,78-79H2,(H,80,85)(H,81,86)(H,82,87);3*(H,6,7). The fraction of sp³-hybridized carbons (Fsp3) is 0.229. The van der Waals surface area contributed by atoms with Gasteiger partial charge < -0.3 is 52.5 Å². The van der Waals surface area contributed by atoms with E-state index in [1.54, 1.807) is 313 Å². The molecular formula is C83H38F9N7O9. The van der Waals surface area contributed by atoms with Crippen LogP contribution in [0.25, 0.3) is 291 Å². The van der Waals surface area contributed by atoms with E-state index in [1.807, 2.05) is 0 Å². The maximum absolute atomic E-state index is 14.7. The Bertz CT molecular complexity index is 8180. The van der Waals surface area contributed by atoms with Gasteiger partial charge in [-0.25, -0.2) is 14.4 Å². The van der Waals surface area contributed by atoms with Gasteiger partial charge in [0.25, 0.3) is 0 Å². The predicted octanol–water partition coefficient (Wildman–Crippen LogP) is 15.2. The fourth-order valence-electron chi connectivity index (χ4n) is 27.2. The molecule has 4 aliphatic carbocycles. The molecule has 2 atom stereocenters. The van der Waals surface area contributed by atoms with E-state index in [0.717, 1.165) is 13.1 Å². The van der Waals surface area contributed by atoms with E-state index >= 15 is 0 Å². The predicted molar refractivity (Wildman–Crippen MR) is 399 cm³/mol. The van der Waals surface area contributed by atoms with E-state index in [4.69, 9.17) is 41.2 Å². The second kappa shape index (κ2) is 15.6. The molecule has 33 rings (SSSR count). The normalized spacial score (nSPS) is 18.8. The van der Waals surface area contributed by atoms with Crippen molar-refractivity contribution in [1.82, 2.24) is 25.8 Å². The number of carboxylic acids is 3. The second-order valence-corrected chi connectivity index (χ2v) is 32.4. The van der Waals surface area contributed by atoms with Crippen LogP contribution in [-0.2, 0) is 39.6 Å². The minimum atomic E-state index is -5.08. The maximum Gasteiger partial charge on any atom is 0.490 e. The summed E-state index contributed by atoms with van der Waals surface area (Å²) >= 11 is 0. The highest BCUT2D eigenvalue weighted by atomic mass is 19.4. The van der Waals surface area contributed by atoms with E-state index in [1.165, 1.54) is 0 Å². The number of rotatable bonds is 16. The highest BCUT2D eigenvalue weighted by Crippen LogP contribution is 2.85. The van der Waals surface area contributed by atoms with Crippen molar-refractivity contribution in [1.29, 1.82) is 0 Å². The van der Waals surface area contributed by atoms with Crippen molar-refractivity contribution in [3.63, 3.8) is 0 Å². The summed E-state index contributed by atoms with van der Waals surface area (Å²) in [5.41, 5.74) is 17.4. The molecule has 16 nitrogen and oxygen atoms in total. The summed E-state index contributed by atoms with van der Waals surface area (Å²) in [6.45, 7) is 6.00. The summed E-state index contributed by atoms with van der Waals surface area (Å²) in [5.74, 6) is -8.34. The lowest BCUT2D eigenvalue weighted by molar-refractivity contribution is -0.193. The second-order valence-electron chi connectivity index (χ2n) is 32.4. The summed E-state index contributed by atoms with van der Waals surface area (Å²) in [4.78, 5) is 71.8. The molecule has 108 heavy (non-hydrogen) atoms. The zero-order chi connectivity index (χ0) is 72.6. The summed E-state index contributed by atoms with van der Waals surface area (Å²) < 4.78 is 95.2. The van der Waals surface area contributed by atoms with Crippen LogP contribution < -0.4 is 27.4 Å². The van der Waals surface area contributed by atoms with E-state index in [9.17, 15) is 53.9 Å². The Morgan fingerprint density at radius 2 is 0.472 bits per heavy atom. The molecule has 2 unspecified atom stereocenters. The third kappa shape index (κ3) is 4.72. The number of hydrogen-bond acceptors (Lipinski definition) is 10. The molecule has 28 aromatic carbocycles. The van der Waals surface area contributed by atoms with Gasteiger partial charge in [0, 0.05) is 91.3 Å². The number of hydrogen-bond donors (Lipinski definition) is 8. The molecule has 1 fully saturated rings. The molecule has 0 saturated carbocycles. The van der Waals surface area contributed by atoms with Gasteiger partial charge in [-0.1, -0.05) is 0 Å². The lowest BCUT2D eigenvalue weighted by Gasteiger charge is -2.48. The van der Waals surface area contributed by atoms with Crippen molar-refractivity contribution in [3.05, 3.63) is 22.3 Å². The molecule has 1 saturated heterocycles. The first-order valence-electron chi connectivity index (χ1n) is 36.1. The number of nitrogens with one attached hydrogen (secondary N) is 3. The smallest absolute Gasteiger partial charge is 0.475 e. The first-order valence-corrected chi connectivity index (χ1v) is 36.1. The van der Waals surface area contributed by atoms with Crippen LogP contribution in [0.2, 0.25) is 0 Å². The third-order valence-corrected chi connectivity index (χ3v) is 29.0. The first kappa shape index (κ1) is 56.8. The minimum absolute atomic E-state index is 0.0539. The van der Waals surface area contributed by atoms with Crippen LogP contribution in [0.3, 0.4) is 0 Å². The molecule has 0 radical (unpaired) electrons. The van der Waals surface area contributed by atoms with Crippen molar-refractivity contribution in [2.45, 2.75) is 48.6 Å². The molecule has 522 valence electrons. The maximum atomic E-state index is 14.7. The summed E-state index contributed by atoms with van der Waals surface area (Å²) in [5, 5.41) is 118. The van der Waals surface area contributed by atoms with E-state index < -0.39 is 36.4 Å². The molecule has 10 N–H and O–H groups in total. The fourth-order valence-corrected chi connectivity index (χ4v) is 27.2. The average Bonchev–Trinajstić information content (AvgIpc) is 1.38. The monoisotopic (exact) mass is 1450 g/mol. The zero-order valence-electron chi connectivity index (χ0n) is 55.1. The van der Waals surface area contributed by atoms with E-state index in [-0.39, 0.29) is 28.6 Å². The molecule has 1 heterocycles. The Morgan fingerprint density at radius 3 is 0.694 bits per heavy atom. The lowest BCUT2D eigenvalue weighted by Crippen LogP contribution is -2.49. The number of halogens is 9. The molecule has 2 spiro atoms. The number of carbonyl (C=O) groups excluding carboxylic acids is 3. The number of alkyl halides is 9. The minimum Gasteiger partial charge on any atom is -0.475 e. The molecule has 5 aliphatic rings. The Balaban J connectivity index is 0.000000263. The average molecular weight is 1450 g/mol. The largest absolute Gasteiger partial charge is 0.490 e. The third-order valence-electron chi connectivity index (χ3n) is 29.0. The molecule has 25 heteroatoms. The van der Waals surface area contributed by atoms with Crippen molar-refractivity contribution in [3.8, 4) is 0 Å². The van der Waals surface area contributed by atoms with Gasteiger partial charge in [-0.3, -0.25) is 14.4 Å². The van der Waals surface area contributed by atoms with E-state index in [0.29, 0.717) is 78.2 Å². The van der Waals surface area contributed by atoms with E-state index in [2.05, 4.69) is 25.8 Å². The number of carbonyl (C=O) groups is 6. The molecule has 1 aliphatic heterocycles. The van der Waals surface area contributed by atoms with Crippen molar-refractivity contribution >= 4 is 326 Å². The Labute approximate surface area is 587 Å². The van der Waals surface area contributed by atoms with Gasteiger partial charge in [0.05, 0.1) is 10.8 Å². The highest BCUT2D eigenvalue weighted by molar-refractivity contribution is 6.82. The molecule has 0 aromatic heterocycles. The Morgan fingerprint density at radius 1 is 0.296 bits per heavy atom. The van der Waals surface area contributed by atoms with Gasteiger partial charge in [0.1, 0.15) is 0 Å². The van der Waals surface area contributed by atoms with Crippen molar-refractivity contribution < 1.29 is 83.6 Å². The van der Waals surface area contributed by atoms with Crippen LogP contribution >= 0.6 is 0 Å². The number of amides is 3. The number of likely N-dealkylation sites (tertiary alicyclic amines) is 1. The summed E-state index contributed by atoms with van der Waals surface area (Å²) in [6, 6.07) is 0. The van der Waals surface area contributed by atoms with Gasteiger partial charge in [-0.15, -0.1) is 0 Å². The zero-order valence-corrected chi connectivity index (χ0v) is 55.1. The van der Waals surface area contributed by atoms with Gasteiger partial charge in [0.15, 0.2) is 0 Å². The lowest BCUT2D eigenvalue weighted by atomic mass is 9.52. The number of carboxylic acid groups (broad SMARTS) is 3.